The zero-order valence-electron chi connectivity index (χ0n) is 15.4. The number of anilines is 2. The minimum atomic E-state index is -0.262. The number of carbonyl (C=O) groups is 2. The van der Waals surface area contributed by atoms with Gasteiger partial charge in [-0.1, -0.05) is 25.1 Å². The van der Waals surface area contributed by atoms with Gasteiger partial charge in [-0.05, 0) is 42.3 Å². The van der Waals surface area contributed by atoms with Gasteiger partial charge in [-0.2, -0.15) is 0 Å². The zero-order chi connectivity index (χ0) is 19.2. The topological polar surface area (TPSA) is 67.9 Å². The molecule has 1 aliphatic rings. The number of carbonyl (C=O) groups excluding carboxylic acids is 2. The first-order chi connectivity index (χ1) is 13.1. The van der Waals surface area contributed by atoms with Crippen LogP contribution in [0.4, 0.5) is 11.4 Å². The maximum absolute atomic E-state index is 12.6. The van der Waals surface area contributed by atoms with Crippen molar-refractivity contribution in [2.24, 2.45) is 0 Å². The third kappa shape index (κ3) is 4.28. The van der Waals surface area contributed by atoms with Gasteiger partial charge < -0.3 is 14.8 Å². The van der Waals surface area contributed by atoms with Gasteiger partial charge in [0, 0.05) is 6.08 Å². The molecule has 1 aliphatic heterocycles. The highest BCUT2D eigenvalue weighted by atomic mass is 16.5. The van der Waals surface area contributed by atoms with Gasteiger partial charge in [0.05, 0.1) is 25.1 Å². The van der Waals surface area contributed by atoms with Crippen molar-refractivity contribution in [3.8, 4) is 11.5 Å². The Balaban J connectivity index is 1.78. The predicted octanol–water partition coefficient (Wildman–Crippen LogP) is 3.48. The number of nitrogens with zero attached hydrogens (tertiary/aromatic N) is 1. The number of hydrogen-bond donors (Lipinski definition) is 1. The lowest BCUT2D eigenvalue weighted by atomic mass is 10.1. The van der Waals surface area contributed by atoms with Crippen LogP contribution in [0, 0.1) is 0 Å². The van der Waals surface area contributed by atoms with E-state index in [0.717, 1.165) is 12.0 Å². The van der Waals surface area contributed by atoms with Crippen LogP contribution in [0.5, 0.6) is 11.5 Å². The average molecular weight is 366 g/mol. The van der Waals surface area contributed by atoms with Crippen molar-refractivity contribution in [3.63, 3.8) is 0 Å². The molecule has 0 spiro atoms. The van der Waals surface area contributed by atoms with E-state index >= 15 is 0 Å². The van der Waals surface area contributed by atoms with Crippen molar-refractivity contribution >= 4 is 29.3 Å². The van der Waals surface area contributed by atoms with E-state index in [2.05, 4.69) is 5.32 Å². The third-order valence-electron chi connectivity index (χ3n) is 4.10. The standard InChI is InChI=1S/C21H22N2O4/c1-3-12-27-18-10-8-15(13-19(18)26-2)9-11-21(25)23-14-20(24)22-16-6-4-5-7-17(16)23/h4-11,13H,3,12,14H2,1-2H3,(H,22,24)/b11-9+. The van der Waals surface area contributed by atoms with Crippen LogP contribution in [-0.4, -0.2) is 32.1 Å². The van der Waals surface area contributed by atoms with Crippen LogP contribution in [0.2, 0.25) is 0 Å². The number of para-hydroxylation sites is 2. The summed E-state index contributed by atoms with van der Waals surface area (Å²) in [6, 6.07) is 12.7. The molecule has 0 aromatic heterocycles. The molecule has 3 rings (SSSR count). The monoisotopic (exact) mass is 366 g/mol. The number of amides is 2. The van der Waals surface area contributed by atoms with E-state index in [0.29, 0.717) is 29.5 Å². The van der Waals surface area contributed by atoms with E-state index in [1.54, 1.807) is 19.3 Å². The number of benzene rings is 2. The molecule has 27 heavy (non-hydrogen) atoms. The van der Waals surface area contributed by atoms with Crippen LogP contribution in [-0.2, 0) is 9.59 Å². The Kier molecular flexibility index (Phi) is 5.76. The summed E-state index contributed by atoms with van der Waals surface area (Å²) in [5, 5.41) is 2.77. The van der Waals surface area contributed by atoms with Crippen molar-refractivity contribution < 1.29 is 19.1 Å². The predicted molar refractivity (Wildman–Crippen MR) is 105 cm³/mol. The fourth-order valence-corrected chi connectivity index (χ4v) is 2.81. The Labute approximate surface area is 158 Å². The molecule has 0 saturated heterocycles. The fraction of sp³-hybridized carbons (Fsp3) is 0.238. The number of ether oxygens (including phenoxy) is 2. The molecule has 0 radical (unpaired) electrons. The molecule has 6 heteroatoms. The van der Waals surface area contributed by atoms with E-state index in [1.165, 1.54) is 11.0 Å². The normalized spacial score (nSPS) is 13.3. The molecule has 0 saturated carbocycles. The number of rotatable bonds is 6. The van der Waals surface area contributed by atoms with Crippen molar-refractivity contribution in [3.05, 3.63) is 54.1 Å². The van der Waals surface area contributed by atoms with E-state index < -0.39 is 0 Å². The highest BCUT2D eigenvalue weighted by Gasteiger charge is 2.25. The molecule has 1 heterocycles. The smallest absolute Gasteiger partial charge is 0.251 e. The lowest BCUT2D eigenvalue weighted by molar-refractivity contribution is -0.119. The molecular weight excluding hydrogens is 344 g/mol. The zero-order valence-corrected chi connectivity index (χ0v) is 15.4. The summed E-state index contributed by atoms with van der Waals surface area (Å²) in [6.45, 7) is 2.64. The molecule has 2 aromatic carbocycles. The van der Waals surface area contributed by atoms with Crippen LogP contribution < -0.4 is 19.7 Å². The minimum Gasteiger partial charge on any atom is -0.493 e. The van der Waals surface area contributed by atoms with Crippen LogP contribution >= 0.6 is 0 Å². The van der Waals surface area contributed by atoms with Gasteiger partial charge in [0.15, 0.2) is 11.5 Å². The summed E-state index contributed by atoms with van der Waals surface area (Å²) >= 11 is 0. The highest BCUT2D eigenvalue weighted by molar-refractivity contribution is 6.13. The van der Waals surface area contributed by atoms with E-state index in [-0.39, 0.29) is 18.4 Å². The summed E-state index contributed by atoms with van der Waals surface area (Å²) in [6.07, 6.45) is 4.06. The first-order valence-electron chi connectivity index (χ1n) is 8.81. The molecule has 2 aromatic rings. The number of methoxy groups -OCH3 is 1. The highest BCUT2D eigenvalue weighted by Crippen LogP contribution is 2.30. The van der Waals surface area contributed by atoms with Crippen LogP contribution in [0.3, 0.4) is 0 Å². The third-order valence-corrected chi connectivity index (χ3v) is 4.10. The van der Waals surface area contributed by atoms with Crippen LogP contribution in [0.25, 0.3) is 6.08 Å². The average Bonchev–Trinajstić information content (AvgIpc) is 2.69. The molecule has 0 bridgehead atoms. The summed E-state index contributed by atoms with van der Waals surface area (Å²) in [4.78, 5) is 26.0. The second kappa shape index (κ2) is 8.40. The van der Waals surface area contributed by atoms with Crippen LogP contribution in [0.1, 0.15) is 18.9 Å². The van der Waals surface area contributed by atoms with Crippen molar-refractivity contribution in [2.75, 3.05) is 30.5 Å². The largest absolute Gasteiger partial charge is 0.493 e. The molecule has 0 unspecified atom stereocenters. The maximum atomic E-state index is 12.6. The molecule has 2 amide bonds. The Morgan fingerprint density at radius 2 is 2.04 bits per heavy atom. The van der Waals surface area contributed by atoms with Gasteiger partial charge in [-0.3, -0.25) is 14.5 Å². The van der Waals surface area contributed by atoms with Crippen LogP contribution in [0.15, 0.2) is 48.5 Å². The van der Waals surface area contributed by atoms with Crippen molar-refractivity contribution in [2.45, 2.75) is 13.3 Å². The molecule has 0 aliphatic carbocycles. The Morgan fingerprint density at radius 3 is 2.81 bits per heavy atom. The SMILES string of the molecule is CCCOc1ccc(/C=C/C(=O)N2CC(=O)Nc3ccccc32)cc1OC. The van der Waals surface area contributed by atoms with Gasteiger partial charge in [-0.15, -0.1) is 0 Å². The van der Waals surface area contributed by atoms with Gasteiger partial charge in [0.25, 0.3) is 5.91 Å². The minimum absolute atomic E-state index is 0.00664. The van der Waals surface area contributed by atoms with Gasteiger partial charge in [0.1, 0.15) is 6.54 Å². The summed E-state index contributed by atoms with van der Waals surface area (Å²) in [5.41, 5.74) is 2.13. The quantitative estimate of drug-likeness (QED) is 0.795. The lowest BCUT2D eigenvalue weighted by Crippen LogP contribution is -2.41. The summed E-state index contributed by atoms with van der Waals surface area (Å²) < 4.78 is 11.0. The number of nitrogens with one attached hydrogen (secondary N) is 1. The first kappa shape index (κ1) is 18.5. The molecule has 0 atom stereocenters. The molecular formula is C21H22N2O4. The number of fused-ring (bicyclic) bond motifs is 1. The first-order valence-corrected chi connectivity index (χ1v) is 8.81. The maximum Gasteiger partial charge on any atom is 0.251 e. The van der Waals surface area contributed by atoms with Gasteiger partial charge >= 0.3 is 0 Å². The molecule has 6 nitrogen and oxygen atoms in total. The molecule has 0 fully saturated rings. The Morgan fingerprint density at radius 1 is 1.22 bits per heavy atom. The summed E-state index contributed by atoms with van der Waals surface area (Å²) in [7, 11) is 1.58. The van der Waals surface area contributed by atoms with E-state index in [4.69, 9.17) is 9.47 Å². The van der Waals surface area contributed by atoms with Crippen molar-refractivity contribution in [1.29, 1.82) is 0 Å². The molecule has 1 N–H and O–H groups in total. The molecule has 140 valence electrons. The van der Waals surface area contributed by atoms with E-state index in [1.807, 2.05) is 43.3 Å². The lowest BCUT2D eigenvalue weighted by Gasteiger charge is -2.28. The number of hydrogen-bond acceptors (Lipinski definition) is 4. The second-order valence-corrected chi connectivity index (χ2v) is 6.08. The summed E-state index contributed by atoms with van der Waals surface area (Å²) in [5.74, 6) is 0.808. The Hall–Kier alpha value is -3.28. The van der Waals surface area contributed by atoms with Gasteiger partial charge in [-0.25, -0.2) is 0 Å². The Bertz CT molecular complexity index is 876. The fourth-order valence-electron chi connectivity index (χ4n) is 2.81. The van der Waals surface area contributed by atoms with Gasteiger partial charge in [0.2, 0.25) is 5.91 Å². The second-order valence-electron chi connectivity index (χ2n) is 6.08. The van der Waals surface area contributed by atoms with Crippen molar-refractivity contribution in [1.82, 2.24) is 0 Å². The van der Waals surface area contributed by atoms with E-state index in [9.17, 15) is 9.59 Å².